The Labute approximate surface area is 182 Å². The molecule has 3 N–H and O–H groups in total. The van der Waals surface area contributed by atoms with Gasteiger partial charge in [0.25, 0.3) is 5.91 Å². The average Bonchev–Trinajstić information content (AvgIpc) is 3.42. The van der Waals surface area contributed by atoms with Crippen LogP contribution in [0.15, 0.2) is 37.1 Å². The Morgan fingerprint density at radius 3 is 2.97 bits per heavy atom. The van der Waals surface area contributed by atoms with E-state index in [4.69, 9.17) is 0 Å². The predicted octanol–water partition coefficient (Wildman–Crippen LogP) is 2.44. The van der Waals surface area contributed by atoms with Crippen LogP contribution in [-0.4, -0.2) is 52.7 Å². The molecule has 1 saturated carbocycles. The van der Waals surface area contributed by atoms with E-state index in [1.54, 1.807) is 29.4 Å². The van der Waals surface area contributed by atoms with E-state index in [-0.39, 0.29) is 23.8 Å². The molecule has 0 aliphatic heterocycles. The summed E-state index contributed by atoms with van der Waals surface area (Å²) in [4.78, 5) is 29.2. The number of H-pyrrole nitrogens is 1. The van der Waals surface area contributed by atoms with Crippen molar-refractivity contribution in [2.45, 2.75) is 37.8 Å². The maximum atomic E-state index is 14.5. The molecule has 4 aromatic rings. The van der Waals surface area contributed by atoms with Crippen molar-refractivity contribution in [3.63, 3.8) is 0 Å². The van der Waals surface area contributed by atoms with Gasteiger partial charge in [-0.25, -0.2) is 24.3 Å². The third-order valence-corrected chi connectivity index (χ3v) is 5.59. The van der Waals surface area contributed by atoms with Crippen LogP contribution in [0.3, 0.4) is 0 Å². The van der Waals surface area contributed by atoms with Crippen molar-refractivity contribution in [1.82, 2.24) is 40.0 Å². The van der Waals surface area contributed by atoms with Crippen molar-refractivity contribution in [1.29, 1.82) is 0 Å². The van der Waals surface area contributed by atoms with Gasteiger partial charge in [0.05, 0.1) is 12.5 Å². The number of aryl methyl sites for hydroxylation is 1. The summed E-state index contributed by atoms with van der Waals surface area (Å²) in [7, 11) is 1.82. The number of anilines is 1. The second-order valence-electron chi connectivity index (χ2n) is 7.97. The highest BCUT2D eigenvalue weighted by Gasteiger charge is 2.25. The molecule has 4 aromatic heterocycles. The second kappa shape index (κ2) is 8.33. The third kappa shape index (κ3) is 4.01. The minimum absolute atomic E-state index is 0.0252. The number of pyridine rings is 1. The zero-order valence-electron chi connectivity index (χ0n) is 17.4. The first-order valence-corrected chi connectivity index (χ1v) is 10.4. The molecule has 0 bridgehead atoms. The topological polar surface area (TPSA) is 126 Å². The lowest BCUT2D eigenvalue weighted by atomic mass is 9.91. The van der Waals surface area contributed by atoms with Crippen molar-refractivity contribution >= 4 is 22.8 Å². The predicted molar refractivity (Wildman–Crippen MR) is 115 cm³/mol. The van der Waals surface area contributed by atoms with Gasteiger partial charge in [-0.1, -0.05) is 0 Å². The molecule has 1 aliphatic rings. The summed E-state index contributed by atoms with van der Waals surface area (Å²) in [6, 6.07) is 3.60. The number of aromatic nitrogens is 7. The number of nitrogens with zero attached hydrogens (tertiary/aromatic N) is 6. The second-order valence-corrected chi connectivity index (χ2v) is 7.97. The van der Waals surface area contributed by atoms with Crippen LogP contribution in [0.1, 0.15) is 36.2 Å². The summed E-state index contributed by atoms with van der Waals surface area (Å²) in [5.41, 5.74) is 1.51. The van der Waals surface area contributed by atoms with E-state index in [1.165, 1.54) is 0 Å². The molecule has 32 heavy (non-hydrogen) atoms. The molecule has 1 amide bonds. The Hall–Kier alpha value is -3.89. The largest absolute Gasteiger partial charge is 0.365 e. The van der Waals surface area contributed by atoms with Crippen LogP contribution in [0.4, 0.5) is 10.2 Å². The van der Waals surface area contributed by atoms with Crippen molar-refractivity contribution in [2.75, 3.05) is 5.32 Å². The first-order valence-electron chi connectivity index (χ1n) is 10.4. The van der Waals surface area contributed by atoms with Crippen LogP contribution in [0.5, 0.6) is 0 Å². The maximum absolute atomic E-state index is 14.5. The molecule has 1 aliphatic carbocycles. The summed E-state index contributed by atoms with van der Waals surface area (Å²) in [5.74, 6) is -0.273. The zero-order valence-corrected chi connectivity index (χ0v) is 17.4. The highest BCUT2D eigenvalue weighted by atomic mass is 19.1. The van der Waals surface area contributed by atoms with Gasteiger partial charge >= 0.3 is 0 Å². The Bertz CT molecular complexity index is 1270. The van der Waals surface area contributed by atoms with E-state index in [0.29, 0.717) is 29.3 Å². The van der Waals surface area contributed by atoms with Gasteiger partial charge in [-0.05, 0) is 37.8 Å². The van der Waals surface area contributed by atoms with Crippen LogP contribution in [0.2, 0.25) is 0 Å². The van der Waals surface area contributed by atoms with Gasteiger partial charge in [-0.3, -0.25) is 9.89 Å². The number of hydrogen-bond acceptors (Lipinski definition) is 7. The van der Waals surface area contributed by atoms with E-state index in [1.807, 2.05) is 13.1 Å². The Kier molecular flexibility index (Phi) is 5.21. The smallest absolute Gasteiger partial charge is 0.271 e. The quantitative estimate of drug-likeness (QED) is 0.439. The van der Waals surface area contributed by atoms with Gasteiger partial charge in [-0.2, -0.15) is 5.10 Å². The Balaban J connectivity index is 1.30. The highest BCUT2D eigenvalue weighted by Crippen LogP contribution is 2.26. The van der Waals surface area contributed by atoms with E-state index in [9.17, 15) is 9.18 Å². The van der Waals surface area contributed by atoms with Crippen molar-refractivity contribution in [2.24, 2.45) is 7.05 Å². The van der Waals surface area contributed by atoms with Gasteiger partial charge in [-0.15, -0.1) is 0 Å². The minimum atomic E-state index is -0.532. The molecule has 1 fully saturated rings. The standard InChI is InChI=1S/C21H22FN9O/c1-31-10-16(25-11-31)21(32)27-13-5-2-4-12(8-13)26-19-15(22)9-24-20(28-19)17-14-6-3-7-23-18(14)30-29-17/h3,6-7,9-13H,2,4-5,8H2,1H3,(H,27,32)(H,23,29,30)(H,24,26,28)/t12-,13+/m1/s1. The Morgan fingerprint density at radius 2 is 2.12 bits per heavy atom. The number of aromatic amines is 1. The number of imidazole rings is 1. The molecule has 2 atom stereocenters. The minimum Gasteiger partial charge on any atom is -0.365 e. The lowest BCUT2D eigenvalue weighted by Crippen LogP contribution is -2.42. The van der Waals surface area contributed by atoms with Crippen LogP contribution >= 0.6 is 0 Å². The summed E-state index contributed by atoms with van der Waals surface area (Å²) < 4.78 is 16.2. The maximum Gasteiger partial charge on any atom is 0.271 e. The van der Waals surface area contributed by atoms with Gasteiger partial charge < -0.3 is 15.2 Å². The number of halogens is 1. The molecule has 0 spiro atoms. The van der Waals surface area contributed by atoms with E-state index < -0.39 is 5.82 Å². The molecule has 4 heterocycles. The fraction of sp³-hybridized carbons (Fsp3) is 0.333. The summed E-state index contributed by atoms with van der Waals surface area (Å²) in [6.07, 6.45) is 9.35. The number of nitrogens with one attached hydrogen (secondary N) is 3. The molecule has 0 radical (unpaired) electrons. The molecule has 164 valence electrons. The summed E-state index contributed by atoms with van der Waals surface area (Å²) >= 11 is 0. The number of rotatable bonds is 5. The summed E-state index contributed by atoms with van der Waals surface area (Å²) in [5, 5.41) is 14.0. The van der Waals surface area contributed by atoms with E-state index in [2.05, 4.69) is 40.8 Å². The fourth-order valence-corrected chi connectivity index (χ4v) is 4.04. The van der Waals surface area contributed by atoms with Crippen molar-refractivity contribution < 1.29 is 9.18 Å². The molecule has 0 aromatic carbocycles. The summed E-state index contributed by atoms with van der Waals surface area (Å²) in [6.45, 7) is 0. The number of amides is 1. The molecule has 5 rings (SSSR count). The molecular weight excluding hydrogens is 413 g/mol. The Morgan fingerprint density at radius 1 is 1.25 bits per heavy atom. The third-order valence-electron chi connectivity index (χ3n) is 5.59. The average molecular weight is 435 g/mol. The molecule has 11 heteroatoms. The van der Waals surface area contributed by atoms with Gasteiger partial charge in [0.15, 0.2) is 23.1 Å². The van der Waals surface area contributed by atoms with Gasteiger partial charge in [0, 0.05) is 36.9 Å². The van der Waals surface area contributed by atoms with Crippen LogP contribution in [-0.2, 0) is 7.05 Å². The number of carbonyl (C=O) groups excluding carboxylic acids is 1. The lowest BCUT2D eigenvalue weighted by molar-refractivity contribution is 0.0921. The first-order chi connectivity index (χ1) is 15.6. The normalized spacial score (nSPS) is 18.6. The molecule has 0 unspecified atom stereocenters. The number of hydrogen-bond donors (Lipinski definition) is 3. The lowest BCUT2D eigenvalue weighted by Gasteiger charge is -2.30. The highest BCUT2D eigenvalue weighted by molar-refractivity contribution is 5.92. The first kappa shape index (κ1) is 20.0. The SMILES string of the molecule is Cn1cnc(C(=O)N[C@H]2CCC[C@@H](Nc3nc(-c4[nH]nc5ncccc45)ncc3F)C2)c1. The molecular formula is C21H22FN9O. The van der Waals surface area contributed by atoms with E-state index in [0.717, 1.165) is 30.8 Å². The monoisotopic (exact) mass is 435 g/mol. The number of fused-ring (bicyclic) bond motifs is 1. The van der Waals surface area contributed by atoms with Crippen molar-refractivity contribution in [3.05, 3.63) is 48.6 Å². The van der Waals surface area contributed by atoms with Crippen LogP contribution in [0.25, 0.3) is 22.6 Å². The number of carbonyl (C=O) groups is 1. The van der Waals surface area contributed by atoms with Crippen LogP contribution < -0.4 is 10.6 Å². The molecule has 10 nitrogen and oxygen atoms in total. The van der Waals surface area contributed by atoms with E-state index >= 15 is 0 Å². The molecule has 0 saturated heterocycles. The van der Waals surface area contributed by atoms with Crippen LogP contribution in [0, 0.1) is 5.82 Å². The van der Waals surface area contributed by atoms with Gasteiger partial charge in [0.2, 0.25) is 0 Å². The van der Waals surface area contributed by atoms with Gasteiger partial charge in [0.1, 0.15) is 11.4 Å². The fourth-order valence-electron chi connectivity index (χ4n) is 4.04. The van der Waals surface area contributed by atoms with Crippen molar-refractivity contribution in [3.8, 4) is 11.5 Å². The zero-order chi connectivity index (χ0) is 22.1.